The normalized spacial score (nSPS) is 13.7. The molecule has 1 aliphatic rings. The second kappa shape index (κ2) is 19.6. The number of carbonyl (C=O) groups excluding carboxylic acids is 5. The fourth-order valence-electron chi connectivity index (χ4n) is 7.91. The van der Waals surface area contributed by atoms with Crippen molar-refractivity contribution in [3.05, 3.63) is 180 Å². The number of nitrogens with one attached hydrogen (secondary N) is 4. The molecular formula is C52H49N7O7. The summed E-state index contributed by atoms with van der Waals surface area (Å²) in [7, 11) is 0. The second-order valence-corrected chi connectivity index (χ2v) is 16.8. The van der Waals surface area contributed by atoms with Crippen LogP contribution in [0, 0.1) is 5.92 Å². The zero-order valence-corrected chi connectivity index (χ0v) is 36.7. The van der Waals surface area contributed by atoms with Gasteiger partial charge in [-0.1, -0.05) is 97.1 Å². The van der Waals surface area contributed by atoms with Crippen molar-refractivity contribution in [2.75, 3.05) is 29.1 Å². The fourth-order valence-corrected chi connectivity index (χ4v) is 7.91. The minimum absolute atomic E-state index is 0.104. The number of rotatable bonds is 13. The Bertz CT molecular complexity index is 2880. The van der Waals surface area contributed by atoms with Gasteiger partial charge in [0.25, 0.3) is 17.7 Å². The molecule has 1 aromatic heterocycles. The maximum atomic E-state index is 15.7. The summed E-state index contributed by atoms with van der Waals surface area (Å²) in [5, 5.41) is 17.0. The standard InChI is InChI=1S/C52H49N7O7/c1-52(2,3)66-51(64)53-31-42(48(61)55-36-19-7-4-8-20-36)45-29-34-17-13-14-18-35(34)32-58(45)50(63)41-30-38(54-46(60)33-65-39-23-11-6-12-24-39)27-28-44(41)59-43-26-16-15-25-40(43)47(57-59)49(62)56-37-21-9-5-10-22-37/h4-28,30,42,45H,29,31-33H2,1-3H3,(H,53,64)(H,54,60)(H,55,61)(H,56,62)/t42?,45-/m0/s1. The van der Waals surface area contributed by atoms with E-state index < -0.39 is 47.3 Å². The Balaban J connectivity index is 1.22. The predicted octanol–water partition coefficient (Wildman–Crippen LogP) is 8.64. The zero-order chi connectivity index (χ0) is 46.2. The number of anilines is 3. The van der Waals surface area contributed by atoms with E-state index in [4.69, 9.17) is 14.6 Å². The maximum absolute atomic E-state index is 15.7. The van der Waals surface area contributed by atoms with Crippen LogP contribution in [0.15, 0.2) is 158 Å². The highest BCUT2D eigenvalue weighted by atomic mass is 16.6. The molecule has 0 aliphatic carbocycles. The highest BCUT2D eigenvalue weighted by Gasteiger charge is 2.40. The third-order valence-corrected chi connectivity index (χ3v) is 10.9. The number of alkyl carbamates (subject to hydrolysis) is 1. The number of ether oxygens (including phenoxy) is 2. The van der Waals surface area contributed by atoms with Gasteiger partial charge in [-0.25, -0.2) is 9.48 Å². The van der Waals surface area contributed by atoms with E-state index in [1.54, 1.807) is 127 Å². The van der Waals surface area contributed by atoms with E-state index in [0.29, 0.717) is 39.4 Å². The summed E-state index contributed by atoms with van der Waals surface area (Å²) >= 11 is 0. The van der Waals surface area contributed by atoms with Gasteiger partial charge in [0.05, 0.1) is 22.7 Å². The summed E-state index contributed by atoms with van der Waals surface area (Å²) in [6.45, 7) is 4.88. The number of hydrogen-bond acceptors (Lipinski definition) is 8. The molecule has 6 aromatic carbocycles. The highest BCUT2D eigenvalue weighted by molar-refractivity contribution is 6.12. The van der Waals surface area contributed by atoms with Crippen LogP contribution in [0.4, 0.5) is 21.9 Å². The van der Waals surface area contributed by atoms with Crippen molar-refractivity contribution in [2.45, 2.75) is 45.4 Å². The first-order chi connectivity index (χ1) is 31.9. The van der Waals surface area contributed by atoms with Crippen molar-refractivity contribution in [3.63, 3.8) is 0 Å². The average Bonchev–Trinajstić information content (AvgIpc) is 3.70. The number of nitrogens with zero attached hydrogens (tertiary/aromatic N) is 3. The van der Waals surface area contributed by atoms with Crippen molar-refractivity contribution in [3.8, 4) is 11.4 Å². The summed E-state index contributed by atoms with van der Waals surface area (Å²) in [4.78, 5) is 72.3. The van der Waals surface area contributed by atoms with Crippen LogP contribution >= 0.6 is 0 Å². The molecule has 7 aromatic rings. The first kappa shape index (κ1) is 44.4. The molecule has 0 radical (unpaired) electrons. The number of carbonyl (C=O) groups is 5. The summed E-state index contributed by atoms with van der Waals surface area (Å²) in [6.07, 6.45) is -0.448. The molecule has 334 valence electrons. The Hall–Kier alpha value is -8.26. The van der Waals surface area contributed by atoms with Crippen LogP contribution in [0.1, 0.15) is 52.7 Å². The number of amides is 5. The zero-order valence-electron chi connectivity index (χ0n) is 36.7. The molecule has 0 saturated heterocycles. The van der Waals surface area contributed by atoms with E-state index in [9.17, 15) is 19.2 Å². The topological polar surface area (TPSA) is 173 Å². The van der Waals surface area contributed by atoms with Gasteiger partial charge in [0.1, 0.15) is 11.4 Å². The van der Waals surface area contributed by atoms with Gasteiger partial charge in [0.15, 0.2) is 12.3 Å². The summed E-state index contributed by atoms with van der Waals surface area (Å²) in [6, 6.07) is 45.9. The van der Waals surface area contributed by atoms with Crippen molar-refractivity contribution in [1.82, 2.24) is 20.0 Å². The number of hydrogen-bond donors (Lipinski definition) is 4. The van der Waals surface area contributed by atoms with Gasteiger partial charge in [-0.15, -0.1) is 0 Å². The number of para-hydroxylation sites is 4. The third kappa shape index (κ3) is 10.6. The van der Waals surface area contributed by atoms with Crippen LogP contribution in [0.5, 0.6) is 5.75 Å². The van der Waals surface area contributed by atoms with Crippen LogP contribution in [0.2, 0.25) is 0 Å². The van der Waals surface area contributed by atoms with Gasteiger partial charge in [0.2, 0.25) is 5.91 Å². The first-order valence-electron chi connectivity index (χ1n) is 21.6. The number of aromatic nitrogens is 2. The number of fused-ring (bicyclic) bond motifs is 2. The summed E-state index contributed by atoms with van der Waals surface area (Å²) in [5.74, 6) is -2.32. The lowest BCUT2D eigenvalue weighted by atomic mass is 9.85. The number of benzene rings is 6. The average molecular weight is 884 g/mol. The summed E-state index contributed by atoms with van der Waals surface area (Å²) in [5.41, 5.74) is 3.51. The minimum Gasteiger partial charge on any atom is -0.484 e. The lowest BCUT2D eigenvalue weighted by Gasteiger charge is -2.41. The molecule has 1 aliphatic heterocycles. The molecule has 0 bridgehead atoms. The molecule has 0 saturated carbocycles. The van der Waals surface area contributed by atoms with Gasteiger partial charge in [-0.05, 0) is 99.0 Å². The molecule has 66 heavy (non-hydrogen) atoms. The molecule has 0 fully saturated rings. The third-order valence-electron chi connectivity index (χ3n) is 10.9. The monoisotopic (exact) mass is 883 g/mol. The SMILES string of the molecule is CC(C)(C)OC(=O)NCC(C(=O)Nc1ccccc1)[C@@H]1Cc2ccccc2CN1C(=O)c1cc(NC(=O)COc2ccccc2)ccc1-n1nc(C(=O)Nc2ccccc2)c2ccccc21. The lowest BCUT2D eigenvalue weighted by Crippen LogP contribution is -2.54. The Morgan fingerprint density at radius 3 is 2.02 bits per heavy atom. The van der Waals surface area contributed by atoms with Gasteiger partial charge < -0.3 is 35.6 Å². The van der Waals surface area contributed by atoms with Gasteiger partial charge in [-0.2, -0.15) is 5.10 Å². The van der Waals surface area contributed by atoms with Crippen LogP contribution < -0.4 is 26.0 Å². The molecule has 4 N–H and O–H groups in total. The Labute approximate surface area is 381 Å². The molecular weight excluding hydrogens is 835 g/mol. The van der Waals surface area contributed by atoms with E-state index in [0.717, 1.165) is 11.1 Å². The Morgan fingerprint density at radius 1 is 0.697 bits per heavy atom. The molecule has 2 heterocycles. The largest absolute Gasteiger partial charge is 0.484 e. The van der Waals surface area contributed by atoms with Crippen molar-refractivity contribution in [1.29, 1.82) is 0 Å². The van der Waals surface area contributed by atoms with Crippen molar-refractivity contribution < 1.29 is 33.4 Å². The van der Waals surface area contributed by atoms with Gasteiger partial charge in [0, 0.05) is 41.6 Å². The van der Waals surface area contributed by atoms with Gasteiger partial charge >= 0.3 is 6.09 Å². The quantitative estimate of drug-likeness (QED) is 0.0891. The molecule has 5 amide bonds. The van der Waals surface area contributed by atoms with Crippen LogP contribution in [0.25, 0.3) is 16.6 Å². The second-order valence-electron chi connectivity index (χ2n) is 16.8. The molecule has 14 nitrogen and oxygen atoms in total. The Morgan fingerprint density at radius 2 is 1.32 bits per heavy atom. The fraction of sp³-hybridized carbons (Fsp3) is 0.192. The van der Waals surface area contributed by atoms with Crippen LogP contribution in [0.3, 0.4) is 0 Å². The maximum Gasteiger partial charge on any atom is 0.407 e. The molecule has 1 unspecified atom stereocenters. The lowest BCUT2D eigenvalue weighted by molar-refractivity contribution is -0.121. The van der Waals surface area contributed by atoms with E-state index in [-0.39, 0.29) is 37.4 Å². The highest BCUT2D eigenvalue weighted by Crippen LogP contribution is 2.33. The van der Waals surface area contributed by atoms with Crippen molar-refractivity contribution in [2.24, 2.45) is 5.92 Å². The minimum atomic E-state index is -0.990. The molecule has 14 heteroatoms. The molecule has 0 spiro atoms. The van der Waals surface area contributed by atoms with Crippen LogP contribution in [-0.4, -0.2) is 69.2 Å². The van der Waals surface area contributed by atoms with E-state index in [1.165, 1.54) is 0 Å². The van der Waals surface area contributed by atoms with E-state index in [2.05, 4.69) is 21.3 Å². The van der Waals surface area contributed by atoms with Gasteiger partial charge in [-0.3, -0.25) is 19.2 Å². The smallest absolute Gasteiger partial charge is 0.407 e. The summed E-state index contributed by atoms with van der Waals surface area (Å²) < 4.78 is 12.8. The predicted molar refractivity (Wildman–Crippen MR) is 253 cm³/mol. The first-order valence-corrected chi connectivity index (χ1v) is 21.6. The van der Waals surface area contributed by atoms with E-state index >= 15 is 4.79 Å². The molecule has 8 rings (SSSR count). The van der Waals surface area contributed by atoms with Crippen LogP contribution in [-0.2, 0) is 27.3 Å². The Kier molecular flexibility index (Phi) is 13.2. The molecule has 2 atom stereocenters. The van der Waals surface area contributed by atoms with Crippen molar-refractivity contribution >= 4 is 57.7 Å². The van der Waals surface area contributed by atoms with E-state index in [1.807, 2.05) is 60.7 Å².